The largest absolute Gasteiger partial charge is 0.315 e. The van der Waals surface area contributed by atoms with Gasteiger partial charge in [0.05, 0.1) is 0 Å². The first-order chi connectivity index (χ1) is 9.61. The van der Waals surface area contributed by atoms with Gasteiger partial charge in [-0.2, -0.15) is 0 Å². The highest BCUT2D eigenvalue weighted by Gasteiger charge is 2.39. The van der Waals surface area contributed by atoms with Gasteiger partial charge in [0.15, 0.2) is 0 Å². The molecule has 1 heteroatoms. The first kappa shape index (κ1) is 13.4. The molecule has 1 N–H and O–H groups in total. The number of hydrogen-bond acceptors (Lipinski definition) is 1. The quantitative estimate of drug-likeness (QED) is 0.892. The number of nitrogens with one attached hydrogen (secondary N) is 1. The van der Waals surface area contributed by atoms with Gasteiger partial charge < -0.3 is 5.32 Å². The molecule has 2 aromatic carbocycles. The van der Waals surface area contributed by atoms with Gasteiger partial charge in [-0.1, -0.05) is 48.0 Å². The second-order valence-corrected chi connectivity index (χ2v) is 6.30. The molecule has 0 aromatic heterocycles. The highest BCUT2D eigenvalue weighted by Crippen LogP contribution is 2.34. The first-order valence-electron chi connectivity index (χ1n) is 7.44. The van der Waals surface area contributed by atoms with E-state index < -0.39 is 0 Å². The second-order valence-electron chi connectivity index (χ2n) is 6.30. The normalized spacial score (nSPS) is 16.8. The maximum Gasteiger partial charge on any atom is 0.0243 e. The van der Waals surface area contributed by atoms with Crippen LogP contribution in [-0.4, -0.2) is 13.1 Å². The maximum absolute atomic E-state index is 3.47. The Bertz CT molecular complexity index is 586. The molecule has 1 fully saturated rings. The summed E-state index contributed by atoms with van der Waals surface area (Å²) in [4.78, 5) is 0. The molecule has 0 spiro atoms. The maximum atomic E-state index is 3.47. The lowest BCUT2D eigenvalue weighted by atomic mass is 9.70. The lowest BCUT2D eigenvalue weighted by Crippen LogP contribution is -2.58. The van der Waals surface area contributed by atoms with Crippen LogP contribution in [0.1, 0.15) is 27.8 Å². The van der Waals surface area contributed by atoms with Crippen LogP contribution in [0.4, 0.5) is 0 Å². The fraction of sp³-hybridized carbons (Fsp3) is 0.368. The summed E-state index contributed by atoms with van der Waals surface area (Å²) in [5.41, 5.74) is 7.46. The van der Waals surface area contributed by atoms with Crippen molar-refractivity contribution >= 4 is 0 Å². The third kappa shape index (κ3) is 2.27. The first-order valence-corrected chi connectivity index (χ1v) is 7.44. The smallest absolute Gasteiger partial charge is 0.0243 e. The van der Waals surface area contributed by atoms with E-state index in [2.05, 4.69) is 68.6 Å². The van der Waals surface area contributed by atoms with Gasteiger partial charge in [0, 0.05) is 18.5 Å². The molecule has 3 rings (SSSR count). The fourth-order valence-electron chi connectivity index (χ4n) is 3.23. The predicted molar refractivity (Wildman–Crippen MR) is 85.3 cm³/mol. The average molecular weight is 265 g/mol. The second kappa shape index (κ2) is 5.06. The van der Waals surface area contributed by atoms with Gasteiger partial charge >= 0.3 is 0 Å². The van der Waals surface area contributed by atoms with Gasteiger partial charge in [-0.25, -0.2) is 0 Å². The Balaban J connectivity index is 1.96. The van der Waals surface area contributed by atoms with Crippen LogP contribution in [0, 0.1) is 20.8 Å². The Morgan fingerprint density at radius 3 is 2.00 bits per heavy atom. The number of rotatable bonds is 3. The van der Waals surface area contributed by atoms with Gasteiger partial charge in [0.25, 0.3) is 0 Å². The lowest BCUT2D eigenvalue weighted by molar-refractivity contribution is 0.274. The molecule has 0 saturated carbocycles. The lowest BCUT2D eigenvalue weighted by Gasteiger charge is -2.44. The minimum absolute atomic E-state index is 0.282. The zero-order chi connectivity index (χ0) is 14.2. The van der Waals surface area contributed by atoms with E-state index in [1.807, 2.05) is 0 Å². The summed E-state index contributed by atoms with van der Waals surface area (Å²) in [6.07, 6.45) is 1.14. The summed E-state index contributed by atoms with van der Waals surface area (Å²) in [6.45, 7) is 8.79. The molecule has 1 nitrogen and oxygen atoms in total. The van der Waals surface area contributed by atoms with E-state index >= 15 is 0 Å². The van der Waals surface area contributed by atoms with Crippen LogP contribution in [0.2, 0.25) is 0 Å². The SMILES string of the molecule is Cc1ccc(C2(Cc3c(C)cccc3C)CNC2)cc1. The molecular formula is C19H23N. The summed E-state index contributed by atoms with van der Waals surface area (Å²) in [5.74, 6) is 0. The molecule has 1 heterocycles. The van der Waals surface area contributed by atoms with E-state index in [0.717, 1.165) is 19.5 Å². The third-order valence-corrected chi connectivity index (χ3v) is 4.75. The van der Waals surface area contributed by atoms with E-state index in [0.29, 0.717) is 0 Å². The molecule has 0 radical (unpaired) electrons. The molecule has 0 atom stereocenters. The summed E-state index contributed by atoms with van der Waals surface area (Å²) < 4.78 is 0. The Hall–Kier alpha value is -1.60. The Morgan fingerprint density at radius 1 is 0.900 bits per heavy atom. The zero-order valence-electron chi connectivity index (χ0n) is 12.7. The summed E-state index contributed by atoms with van der Waals surface area (Å²) in [5, 5.41) is 3.47. The van der Waals surface area contributed by atoms with Crippen LogP contribution >= 0.6 is 0 Å². The fourth-order valence-corrected chi connectivity index (χ4v) is 3.23. The Labute approximate surface area is 122 Å². The van der Waals surface area contributed by atoms with Gasteiger partial charge in [0.1, 0.15) is 0 Å². The summed E-state index contributed by atoms with van der Waals surface area (Å²) >= 11 is 0. The Morgan fingerprint density at radius 2 is 1.50 bits per heavy atom. The monoisotopic (exact) mass is 265 g/mol. The van der Waals surface area contributed by atoms with Crippen LogP contribution in [0.3, 0.4) is 0 Å². The van der Waals surface area contributed by atoms with Crippen LogP contribution < -0.4 is 5.32 Å². The standard InChI is InChI=1S/C19H23N/c1-14-7-9-17(10-8-14)19(12-20-13-19)11-18-15(2)5-4-6-16(18)3/h4-10,20H,11-13H2,1-3H3. The van der Waals surface area contributed by atoms with Crippen LogP contribution in [-0.2, 0) is 11.8 Å². The number of benzene rings is 2. The van der Waals surface area contributed by atoms with Crippen molar-refractivity contribution in [2.75, 3.05) is 13.1 Å². The molecule has 0 aliphatic carbocycles. The molecule has 2 aromatic rings. The van der Waals surface area contributed by atoms with Gasteiger partial charge in [0.2, 0.25) is 0 Å². The average Bonchev–Trinajstić information content (AvgIpc) is 2.38. The molecule has 20 heavy (non-hydrogen) atoms. The molecule has 0 amide bonds. The van der Waals surface area contributed by atoms with E-state index in [9.17, 15) is 0 Å². The Kier molecular flexibility index (Phi) is 3.39. The highest BCUT2D eigenvalue weighted by atomic mass is 15.0. The van der Waals surface area contributed by atoms with Crippen molar-refractivity contribution in [3.05, 3.63) is 70.3 Å². The van der Waals surface area contributed by atoms with E-state index in [4.69, 9.17) is 0 Å². The van der Waals surface area contributed by atoms with Gasteiger partial charge in [-0.3, -0.25) is 0 Å². The summed E-state index contributed by atoms with van der Waals surface area (Å²) in [7, 11) is 0. The van der Waals surface area contributed by atoms with Crippen molar-refractivity contribution in [2.45, 2.75) is 32.6 Å². The molecule has 1 saturated heterocycles. The zero-order valence-corrected chi connectivity index (χ0v) is 12.7. The number of aryl methyl sites for hydroxylation is 3. The summed E-state index contributed by atoms with van der Waals surface area (Å²) in [6, 6.07) is 15.7. The van der Waals surface area contributed by atoms with Crippen molar-refractivity contribution in [3.63, 3.8) is 0 Å². The molecule has 0 unspecified atom stereocenters. The van der Waals surface area contributed by atoms with E-state index in [1.54, 1.807) is 0 Å². The molecular weight excluding hydrogens is 242 g/mol. The van der Waals surface area contributed by atoms with Crippen LogP contribution in [0.15, 0.2) is 42.5 Å². The molecule has 1 aliphatic rings. The topological polar surface area (TPSA) is 12.0 Å². The van der Waals surface area contributed by atoms with E-state index in [-0.39, 0.29) is 5.41 Å². The van der Waals surface area contributed by atoms with Gasteiger partial charge in [-0.15, -0.1) is 0 Å². The minimum Gasteiger partial charge on any atom is -0.315 e. The van der Waals surface area contributed by atoms with Crippen molar-refractivity contribution in [1.29, 1.82) is 0 Å². The van der Waals surface area contributed by atoms with Crippen molar-refractivity contribution in [3.8, 4) is 0 Å². The van der Waals surface area contributed by atoms with Gasteiger partial charge in [-0.05, 0) is 49.4 Å². The van der Waals surface area contributed by atoms with Crippen molar-refractivity contribution in [2.24, 2.45) is 0 Å². The van der Waals surface area contributed by atoms with Crippen molar-refractivity contribution in [1.82, 2.24) is 5.32 Å². The minimum atomic E-state index is 0.282. The molecule has 0 bridgehead atoms. The van der Waals surface area contributed by atoms with Crippen molar-refractivity contribution < 1.29 is 0 Å². The third-order valence-electron chi connectivity index (χ3n) is 4.75. The van der Waals surface area contributed by atoms with Crippen LogP contribution in [0.5, 0.6) is 0 Å². The van der Waals surface area contributed by atoms with E-state index in [1.165, 1.54) is 27.8 Å². The van der Waals surface area contributed by atoms with Crippen LogP contribution in [0.25, 0.3) is 0 Å². The highest BCUT2D eigenvalue weighted by molar-refractivity contribution is 5.40. The predicted octanol–water partition coefficient (Wildman–Crippen LogP) is 3.70. The molecule has 104 valence electrons. The number of hydrogen-bond donors (Lipinski definition) is 1. The molecule has 1 aliphatic heterocycles.